The van der Waals surface area contributed by atoms with Gasteiger partial charge in [0.1, 0.15) is 0 Å². The Balaban J connectivity index is 3.13. The number of amides is 1. The molecule has 0 N–H and O–H groups in total. The summed E-state index contributed by atoms with van der Waals surface area (Å²) in [6, 6.07) is 0. The lowest BCUT2D eigenvalue weighted by molar-refractivity contribution is -0.118. The Morgan fingerprint density at radius 2 is 1.71 bits per heavy atom. The van der Waals surface area contributed by atoms with Gasteiger partial charge in [-0.05, 0) is 17.1 Å². The summed E-state index contributed by atoms with van der Waals surface area (Å²) in [5, 5.41) is 3.01. The zero-order valence-corrected chi connectivity index (χ0v) is 8.91. The van der Waals surface area contributed by atoms with Crippen molar-refractivity contribution in [1.29, 1.82) is 0 Å². The summed E-state index contributed by atoms with van der Waals surface area (Å²) in [6.45, 7) is 2.19. The topological polar surface area (TPSA) is 65.8 Å². The number of carbonyl (C=O) groups excluding carboxylic acids is 1. The third kappa shape index (κ3) is 9.07. The summed E-state index contributed by atoms with van der Waals surface area (Å²) in [5.41, 5.74) is 7.97. The highest BCUT2D eigenvalue weighted by Crippen LogP contribution is 2.08. The molecule has 0 bridgehead atoms. The van der Waals surface area contributed by atoms with E-state index in [9.17, 15) is 4.79 Å². The van der Waals surface area contributed by atoms with E-state index in [1.54, 1.807) is 0 Å². The number of hydrogen-bond acceptors (Lipinski definition) is 1. The first-order valence-corrected chi connectivity index (χ1v) is 5.39. The van der Waals surface area contributed by atoms with Gasteiger partial charge in [0.2, 0.25) is 5.91 Å². The molecule has 0 heterocycles. The monoisotopic (exact) mass is 197 g/mol. The number of unbranched alkanes of at least 4 members (excludes halogenated alkanes) is 6. The minimum atomic E-state index is -0.332. The molecule has 4 nitrogen and oxygen atoms in total. The Kier molecular flexibility index (Phi) is 9.33. The maximum absolute atomic E-state index is 10.8. The Morgan fingerprint density at radius 3 is 2.29 bits per heavy atom. The molecule has 0 spiro atoms. The molecule has 0 radical (unpaired) electrons. The van der Waals surface area contributed by atoms with Crippen molar-refractivity contribution >= 4 is 5.91 Å². The molecule has 0 unspecified atom stereocenters. The van der Waals surface area contributed by atoms with Crippen LogP contribution in [0, 0.1) is 0 Å². The van der Waals surface area contributed by atoms with Gasteiger partial charge in [-0.2, -0.15) is 0 Å². The number of rotatable bonds is 8. The molecular weight excluding hydrogens is 178 g/mol. The van der Waals surface area contributed by atoms with E-state index < -0.39 is 0 Å². The van der Waals surface area contributed by atoms with Gasteiger partial charge in [0.15, 0.2) is 0 Å². The summed E-state index contributed by atoms with van der Waals surface area (Å²) in [4.78, 5) is 13.2. The molecule has 0 aliphatic heterocycles. The van der Waals surface area contributed by atoms with Crippen LogP contribution >= 0.6 is 0 Å². The fourth-order valence-electron chi connectivity index (χ4n) is 1.33. The quantitative estimate of drug-likeness (QED) is 0.251. The molecule has 80 valence electrons. The lowest BCUT2D eigenvalue weighted by atomic mass is 10.1. The first kappa shape index (κ1) is 13.0. The van der Waals surface area contributed by atoms with E-state index in [1.807, 2.05) is 0 Å². The number of nitrogens with zero attached hydrogens (tertiary/aromatic N) is 3. The molecule has 4 heteroatoms. The van der Waals surface area contributed by atoms with Crippen LogP contribution < -0.4 is 0 Å². The van der Waals surface area contributed by atoms with Crippen molar-refractivity contribution < 1.29 is 4.79 Å². The van der Waals surface area contributed by atoms with Crippen LogP contribution in [0.4, 0.5) is 0 Å². The number of hydrogen-bond donors (Lipinski definition) is 0. The van der Waals surface area contributed by atoms with Crippen molar-refractivity contribution in [2.24, 2.45) is 5.11 Å². The van der Waals surface area contributed by atoms with Crippen molar-refractivity contribution in [3.63, 3.8) is 0 Å². The van der Waals surface area contributed by atoms with Crippen molar-refractivity contribution in [1.82, 2.24) is 0 Å². The minimum absolute atomic E-state index is 0.332. The van der Waals surface area contributed by atoms with E-state index in [4.69, 9.17) is 5.53 Å². The highest BCUT2D eigenvalue weighted by molar-refractivity contribution is 5.76. The normalized spacial score (nSPS) is 9.50. The van der Waals surface area contributed by atoms with Gasteiger partial charge in [0, 0.05) is 11.3 Å². The Hall–Kier alpha value is -1.02. The van der Waals surface area contributed by atoms with Crippen LogP contribution in [-0.4, -0.2) is 5.91 Å². The maximum Gasteiger partial charge on any atom is 0.218 e. The largest absolute Gasteiger partial charge is 0.293 e. The van der Waals surface area contributed by atoms with Crippen LogP contribution in [0.2, 0.25) is 0 Å². The van der Waals surface area contributed by atoms with E-state index in [1.165, 1.54) is 32.1 Å². The molecule has 0 saturated carbocycles. The van der Waals surface area contributed by atoms with Gasteiger partial charge in [-0.25, -0.2) is 0 Å². The molecule has 0 rings (SSSR count). The van der Waals surface area contributed by atoms with Crippen LogP contribution in [0.25, 0.3) is 10.4 Å². The highest BCUT2D eigenvalue weighted by atomic mass is 16.1. The van der Waals surface area contributed by atoms with E-state index in [-0.39, 0.29) is 5.91 Å². The van der Waals surface area contributed by atoms with Crippen LogP contribution in [0.3, 0.4) is 0 Å². The predicted octanol–water partition coefficient (Wildman–Crippen LogP) is 3.96. The molecule has 0 aliphatic rings. The second kappa shape index (κ2) is 10.1. The highest BCUT2D eigenvalue weighted by Gasteiger charge is 1.97. The molecular formula is C10H19N3O. The Morgan fingerprint density at radius 1 is 1.14 bits per heavy atom. The minimum Gasteiger partial charge on any atom is -0.293 e. The third-order valence-electron chi connectivity index (χ3n) is 2.15. The van der Waals surface area contributed by atoms with Crippen molar-refractivity contribution in [3.8, 4) is 0 Å². The van der Waals surface area contributed by atoms with Gasteiger partial charge in [-0.15, -0.1) is 0 Å². The summed E-state index contributed by atoms with van der Waals surface area (Å²) < 4.78 is 0. The molecule has 0 fully saturated rings. The summed E-state index contributed by atoms with van der Waals surface area (Å²) in [6.07, 6.45) is 8.61. The zero-order valence-electron chi connectivity index (χ0n) is 8.91. The zero-order chi connectivity index (χ0) is 10.6. The van der Waals surface area contributed by atoms with E-state index in [2.05, 4.69) is 16.9 Å². The first-order chi connectivity index (χ1) is 6.81. The average molecular weight is 197 g/mol. The predicted molar refractivity (Wildman–Crippen MR) is 56.8 cm³/mol. The lowest BCUT2D eigenvalue weighted by Gasteiger charge is -1.98. The first-order valence-electron chi connectivity index (χ1n) is 5.39. The van der Waals surface area contributed by atoms with Crippen LogP contribution in [0.5, 0.6) is 0 Å². The van der Waals surface area contributed by atoms with Gasteiger partial charge in [0.05, 0.1) is 0 Å². The van der Waals surface area contributed by atoms with Crippen LogP contribution in [0.1, 0.15) is 58.3 Å². The Bertz CT molecular complexity index is 198. The lowest BCUT2D eigenvalue weighted by Crippen LogP contribution is -1.90. The SMILES string of the molecule is CCCCCCCCCC(=O)N=[N+]=[N-]. The summed E-state index contributed by atoms with van der Waals surface area (Å²) in [7, 11) is 0. The Labute approximate surface area is 85.3 Å². The second-order valence-corrected chi connectivity index (χ2v) is 3.45. The second-order valence-electron chi connectivity index (χ2n) is 3.45. The summed E-state index contributed by atoms with van der Waals surface area (Å²) >= 11 is 0. The fraction of sp³-hybridized carbons (Fsp3) is 0.900. The molecule has 0 saturated heterocycles. The van der Waals surface area contributed by atoms with Gasteiger partial charge in [0.25, 0.3) is 0 Å². The van der Waals surface area contributed by atoms with Gasteiger partial charge in [-0.3, -0.25) is 4.79 Å². The molecule has 0 atom stereocenters. The molecule has 0 aromatic carbocycles. The molecule has 0 aromatic rings. The molecule has 0 aromatic heterocycles. The number of azide groups is 1. The van der Waals surface area contributed by atoms with Gasteiger partial charge < -0.3 is 0 Å². The van der Waals surface area contributed by atoms with E-state index in [0.29, 0.717) is 6.42 Å². The fourth-order valence-corrected chi connectivity index (χ4v) is 1.33. The number of carbonyl (C=O) groups is 1. The molecule has 14 heavy (non-hydrogen) atoms. The standard InChI is InChI=1S/C10H19N3O/c1-2-3-4-5-6-7-8-9-10(14)12-13-11/h2-9H2,1H3. The molecule has 1 amide bonds. The smallest absolute Gasteiger partial charge is 0.218 e. The summed E-state index contributed by atoms with van der Waals surface area (Å²) in [5.74, 6) is -0.332. The van der Waals surface area contributed by atoms with Crippen molar-refractivity contribution in [2.75, 3.05) is 0 Å². The average Bonchev–Trinajstić information content (AvgIpc) is 2.17. The molecule has 0 aliphatic carbocycles. The van der Waals surface area contributed by atoms with Crippen LogP contribution in [-0.2, 0) is 4.79 Å². The van der Waals surface area contributed by atoms with E-state index >= 15 is 0 Å². The van der Waals surface area contributed by atoms with Gasteiger partial charge in [-0.1, -0.05) is 45.4 Å². The van der Waals surface area contributed by atoms with Crippen molar-refractivity contribution in [2.45, 2.75) is 58.3 Å². The van der Waals surface area contributed by atoms with Gasteiger partial charge >= 0.3 is 0 Å². The third-order valence-corrected chi connectivity index (χ3v) is 2.15. The maximum atomic E-state index is 10.8. The van der Waals surface area contributed by atoms with Crippen molar-refractivity contribution in [3.05, 3.63) is 10.4 Å². The van der Waals surface area contributed by atoms with E-state index in [0.717, 1.165) is 12.8 Å². The van der Waals surface area contributed by atoms with Crippen LogP contribution in [0.15, 0.2) is 5.11 Å².